The van der Waals surface area contributed by atoms with Crippen molar-refractivity contribution < 1.29 is 14.4 Å². The number of nitrogens with one attached hydrogen (secondary N) is 2. The van der Waals surface area contributed by atoms with Gasteiger partial charge in [-0.3, -0.25) is 14.4 Å². The molecule has 27 heavy (non-hydrogen) atoms. The molecule has 0 saturated carbocycles. The summed E-state index contributed by atoms with van der Waals surface area (Å²) in [4.78, 5) is 39.3. The first-order valence-electron chi connectivity index (χ1n) is 9.54. The molecular weight excluding hydrogens is 342 g/mol. The van der Waals surface area contributed by atoms with Crippen molar-refractivity contribution in [2.24, 2.45) is 5.92 Å². The summed E-state index contributed by atoms with van der Waals surface area (Å²) in [6.45, 7) is 11.8. The van der Waals surface area contributed by atoms with Crippen molar-refractivity contribution in [3.8, 4) is 0 Å². The number of carbonyl (C=O) groups is 3. The van der Waals surface area contributed by atoms with E-state index in [2.05, 4.69) is 10.6 Å². The van der Waals surface area contributed by atoms with Gasteiger partial charge in [0.05, 0.1) is 6.54 Å². The van der Waals surface area contributed by atoms with Crippen LogP contribution in [-0.2, 0) is 9.59 Å². The second-order valence-electron chi connectivity index (χ2n) is 7.85. The maximum atomic E-state index is 13.1. The lowest BCUT2D eigenvalue weighted by atomic mass is 9.97. The highest BCUT2D eigenvalue weighted by Crippen LogP contribution is 2.13. The fourth-order valence-corrected chi connectivity index (χ4v) is 2.67. The SMILES string of the molecule is CC[C@H](C)[C@@H](NC(=O)c1ccccc1)C(=O)N(CC)CC(=O)NC(C)(C)C. The molecule has 0 fully saturated rings. The summed E-state index contributed by atoms with van der Waals surface area (Å²) in [5.41, 5.74) is 0.143. The Labute approximate surface area is 162 Å². The van der Waals surface area contributed by atoms with Gasteiger partial charge in [-0.15, -0.1) is 0 Å². The van der Waals surface area contributed by atoms with Crippen LogP contribution in [0.1, 0.15) is 58.3 Å². The summed E-state index contributed by atoms with van der Waals surface area (Å²) >= 11 is 0. The van der Waals surface area contributed by atoms with E-state index in [0.717, 1.165) is 6.42 Å². The molecule has 6 nitrogen and oxygen atoms in total. The number of nitrogens with zero attached hydrogens (tertiary/aromatic N) is 1. The molecule has 0 spiro atoms. The van der Waals surface area contributed by atoms with Gasteiger partial charge in [-0.1, -0.05) is 38.5 Å². The number of amides is 3. The third kappa shape index (κ3) is 7.41. The summed E-state index contributed by atoms with van der Waals surface area (Å²) < 4.78 is 0. The first kappa shape index (κ1) is 22.7. The minimum atomic E-state index is -0.676. The van der Waals surface area contributed by atoms with E-state index in [1.54, 1.807) is 24.3 Å². The molecule has 2 atom stereocenters. The highest BCUT2D eigenvalue weighted by atomic mass is 16.2. The van der Waals surface area contributed by atoms with Crippen LogP contribution in [0.2, 0.25) is 0 Å². The molecule has 0 heterocycles. The van der Waals surface area contributed by atoms with E-state index in [-0.39, 0.29) is 35.7 Å². The van der Waals surface area contributed by atoms with Crippen molar-refractivity contribution in [1.82, 2.24) is 15.5 Å². The molecule has 0 aliphatic carbocycles. The average Bonchev–Trinajstić information content (AvgIpc) is 2.62. The molecule has 1 aromatic rings. The number of likely N-dealkylation sites (N-methyl/N-ethyl adjacent to an activating group) is 1. The minimum absolute atomic E-state index is 0.0270. The van der Waals surface area contributed by atoms with E-state index in [1.165, 1.54) is 4.90 Å². The second-order valence-corrected chi connectivity index (χ2v) is 7.85. The van der Waals surface area contributed by atoms with Crippen LogP contribution < -0.4 is 10.6 Å². The fourth-order valence-electron chi connectivity index (χ4n) is 2.67. The first-order chi connectivity index (χ1) is 12.6. The fraction of sp³-hybridized carbons (Fsp3) is 0.571. The summed E-state index contributed by atoms with van der Waals surface area (Å²) in [5.74, 6) is -0.787. The average molecular weight is 376 g/mol. The van der Waals surface area contributed by atoms with E-state index in [9.17, 15) is 14.4 Å². The van der Waals surface area contributed by atoms with Crippen LogP contribution in [0, 0.1) is 5.92 Å². The number of hydrogen-bond donors (Lipinski definition) is 2. The molecule has 3 amide bonds. The smallest absolute Gasteiger partial charge is 0.251 e. The van der Waals surface area contributed by atoms with E-state index in [4.69, 9.17) is 0 Å². The Hall–Kier alpha value is -2.37. The van der Waals surface area contributed by atoms with E-state index < -0.39 is 6.04 Å². The quantitative estimate of drug-likeness (QED) is 0.733. The summed E-state index contributed by atoms with van der Waals surface area (Å²) in [6.07, 6.45) is 0.733. The molecule has 1 rings (SSSR count). The molecule has 0 saturated heterocycles. The number of hydrogen-bond acceptors (Lipinski definition) is 3. The van der Waals surface area contributed by atoms with Crippen LogP contribution in [-0.4, -0.2) is 47.3 Å². The monoisotopic (exact) mass is 375 g/mol. The molecule has 0 unspecified atom stereocenters. The Kier molecular flexibility index (Phi) is 8.47. The normalized spacial score (nSPS) is 13.4. The molecule has 0 aliphatic rings. The molecule has 0 aromatic heterocycles. The molecule has 2 N–H and O–H groups in total. The van der Waals surface area contributed by atoms with Crippen LogP contribution in [0.5, 0.6) is 0 Å². The molecule has 0 bridgehead atoms. The lowest BCUT2D eigenvalue weighted by Crippen LogP contribution is -2.54. The molecule has 150 valence electrons. The van der Waals surface area contributed by atoms with E-state index in [0.29, 0.717) is 12.1 Å². The van der Waals surface area contributed by atoms with Crippen LogP contribution in [0.3, 0.4) is 0 Å². The van der Waals surface area contributed by atoms with Gasteiger partial charge in [-0.05, 0) is 45.7 Å². The molecule has 0 aliphatic heterocycles. The lowest BCUT2D eigenvalue weighted by Gasteiger charge is -2.30. The van der Waals surface area contributed by atoms with Gasteiger partial charge in [-0.2, -0.15) is 0 Å². The van der Waals surface area contributed by atoms with Crippen molar-refractivity contribution in [3.05, 3.63) is 35.9 Å². The topological polar surface area (TPSA) is 78.5 Å². The zero-order valence-corrected chi connectivity index (χ0v) is 17.3. The molecule has 0 radical (unpaired) electrons. The highest BCUT2D eigenvalue weighted by molar-refractivity contribution is 5.98. The Morgan fingerprint density at radius 1 is 1.07 bits per heavy atom. The largest absolute Gasteiger partial charge is 0.350 e. The van der Waals surface area contributed by atoms with Crippen molar-refractivity contribution >= 4 is 17.7 Å². The molecular formula is C21H33N3O3. The predicted molar refractivity (Wildman–Crippen MR) is 107 cm³/mol. The highest BCUT2D eigenvalue weighted by Gasteiger charge is 2.31. The third-order valence-electron chi connectivity index (χ3n) is 4.34. The lowest BCUT2D eigenvalue weighted by molar-refractivity contribution is -0.138. The molecule has 6 heteroatoms. The minimum Gasteiger partial charge on any atom is -0.350 e. The Balaban J connectivity index is 2.92. The van der Waals surface area contributed by atoms with Gasteiger partial charge in [0.15, 0.2) is 0 Å². The maximum Gasteiger partial charge on any atom is 0.251 e. The number of carbonyl (C=O) groups excluding carboxylic acids is 3. The number of benzene rings is 1. The predicted octanol–water partition coefficient (Wildman–Crippen LogP) is 2.59. The van der Waals surface area contributed by atoms with Crippen LogP contribution in [0.4, 0.5) is 0 Å². The van der Waals surface area contributed by atoms with Crippen LogP contribution >= 0.6 is 0 Å². The van der Waals surface area contributed by atoms with Crippen LogP contribution in [0.25, 0.3) is 0 Å². The van der Waals surface area contributed by atoms with Crippen molar-refractivity contribution in [2.75, 3.05) is 13.1 Å². The second kappa shape index (κ2) is 10.1. The summed E-state index contributed by atoms with van der Waals surface area (Å²) in [5, 5.41) is 5.73. The van der Waals surface area contributed by atoms with Gasteiger partial charge >= 0.3 is 0 Å². The first-order valence-corrected chi connectivity index (χ1v) is 9.54. The maximum absolute atomic E-state index is 13.1. The van der Waals surface area contributed by atoms with Gasteiger partial charge in [-0.25, -0.2) is 0 Å². The van der Waals surface area contributed by atoms with E-state index in [1.807, 2.05) is 47.6 Å². The standard InChI is InChI=1S/C21H33N3O3/c1-7-15(3)18(22-19(26)16-12-10-9-11-13-16)20(27)24(8-2)14-17(25)23-21(4,5)6/h9-13,15,18H,7-8,14H2,1-6H3,(H,22,26)(H,23,25)/t15-,18+/m0/s1. The summed E-state index contributed by atoms with van der Waals surface area (Å²) in [6, 6.07) is 8.14. The van der Waals surface area contributed by atoms with Crippen molar-refractivity contribution in [1.29, 1.82) is 0 Å². The van der Waals surface area contributed by atoms with Gasteiger partial charge in [0, 0.05) is 17.6 Å². The zero-order chi connectivity index (χ0) is 20.6. The third-order valence-corrected chi connectivity index (χ3v) is 4.34. The van der Waals surface area contributed by atoms with Gasteiger partial charge in [0.1, 0.15) is 6.04 Å². The number of rotatable bonds is 8. The van der Waals surface area contributed by atoms with Gasteiger partial charge in [0.2, 0.25) is 11.8 Å². The van der Waals surface area contributed by atoms with Gasteiger partial charge in [0.25, 0.3) is 5.91 Å². The zero-order valence-electron chi connectivity index (χ0n) is 17.3. The van der Waals surface area contributed by atoms with Crippen LogP contribution in [0.15, 0.2) is 30.3 Å². The van der Waals surface area contributed by atoms with Crippen molar-refractivity contribution in [3.63, 3.8) is 0 Å². The Morgan fingerprint density at radius 3 is 2.15 bits per heavy atom. The summed E-state index contributed by atoms with van der Waals surface area (Å²) in [7, 11) is 0. The Morgan fingerprint density at radius 2 is 1.67 bits per heavy atom. The van der Waals surface area contributed by atoms with E-state index >= 15 is 0 Å². The van der Waals surface area contributed by atoms with Crippen molar-refractivity contribution in [2.45, 2.75) is 59.5 Å². The van der Waals surface area contributed by atoms with Gasteiger partial charge < -0.3 is 15.5 Å². The molecule has 1 aromatic carbocycles. The Bertz CT molecular complexity index is 638.